The standard InChI is InChI=1S/C19H24N4O3/c1-13-4-5-14(18(24)22-15-6-7-15)12-16(13)23-10-9-21-17(19(23)25)20-8-3-11-26-2/h4-5,9-10,12,15H,3,6-8,11H2,1-2H3,(H,20,21)(H,22,24). The molecule has 1 saturated carbocycles. The smallest absolute Gasteiger partial charge is 0.297 e. The highest BCUT2D eigenvalue weighted by molar-refractivity contribution is 5.95. The van der Waals surface area contributed by atoms with Crippen molar-refractivity contribution in [3.8, 4) is 5.69 Å². The lowest BCUT2D eigenvalue weighted by molar-refractivity contribution is 0.0951. The van der Waals surface area contributed by atoms with Gasteiger partial charge in [-0.1, -0.05) is 6.07 Å². The third kappa shape index (κ3) is 4.29. The Balaban J connectivity index is 1.85. The molecule has 3 rings (SSSR count). The molecule has 0 radical (unpaired) electrons. The van der Waals surface area contributed by atoms with E-state index in [2.05, 4.69) is 15.6 Å². The molecule has 0 unspecified atom stereocenters. The average molecular weight is 356 g/mol. The van der Waals surface area contributed by atoms with Crippen LogP contribution in [-0.4, -0.2) is 41.8 Å². The molecule has 1 amide bonds. The monoisotopic (exact) mass is 356 g/mol. The molecule has 1 aliphatic rings. The van der Waals surface area contributed by atoms with Gasteiger partial charge in [-0.25, -0.2) is 4.98 Å². The van der Waals surface area contributed by atoms with Gasteiger partial charge in [-0.2, -0.15) is 0 Å². The molecule has 7 nitrogen and oxygen atoms in total. The van der Waals surface area contributed by atoms with E-state index in [1.807, 2.05) is 13.0 Å². The second kappa shape index (κ2) is 8.14. The maximum Gasteiger partial charge on any atom is 0.297 e. The van der Waals surface area contributed by atoms with E-state index in [-0.39, 0.29) is 17.3 Å². The summed E-state index contributed by atoms with van der Waals surface area (Å²) in [6, 6.07) is 5.68. The van der Waals surface area contributed by atoms with Crippen molar-refractivity contribution < 1.29 is 9.53 Å². The number of ether oxygens (including phenoxy) is 1. The number of rotatable bonds is 8. The molecule has 1 heterocycles. The zero-order valence-electron chi connectivity index (χ0n) is 15.1. The van der Waals surface area contributed by atoms with Crippen LogP contribution in [0.1, 0.15) is 35.2 Å². The number of aromatic nitrogens is 2. The molecular formula is C19H24N4O3. The quantitative estimate of drug-likeness (QED) is 0.706. The predicted octanol–water partition coefficient (Wildman–Crippen LogP) is 1.88. The van der Waals surface area contributed by atoms with Crippen molar-refractivity contribution >= 4 is 11.7 Å². The third-order valence-electron chi connectivity index (χ3n) is 4.30. The van der Waals surface area contributed by atoms with Crippen LogP contribution in [0.15, 0.2) is 35.4 Å². The van der Waals surface area contributed by atoms with Gasteiger partial charge in [-0.15, -0.1) is 0 Å². The summed E-state index contributed by atoms with van der Waals surface area (Å²) in [6.07, 6.45) is 6.05. The molecule has 7 heteroatoms. The average Bonchev–Trinajstić information content (AvgIpc) is 3.44. The summed E-state index contributed by atoms with van der Waals surface area (Å²) in [4.78, 5) is 29.2. The minimum Gasteiger partial charge on any atom is -0.385 e. The molecule has 0 bridgehead atoms. The van der Waals surface area contributed by atoms with Crippen molar-refractivity contribution in [2.24, 2.45) is 0 Å². The lowest BCUT2D eigenvalue weighted by Crippen LogP contribution is -2.27. The number of amides is 1. The predicted molar refractivity (Wildman–Crippen MR) is 100 cm³/mol. The van der Waals surface area contributed by atoms with Gasteiger partial charge in [0.05, 0.1) is 5.69 Å². The number of nitrogens with one attached hydrogen (secondary N) is 2. The Hall–Kier alpha value is -2.67. The van der Waals surface area contributed by atoms with Gasteiger partial charge in [-0.3, -0.25) is 14.2 Å². The number of nitrogens with zero attached hydrogens (tertiary/aromatic N) is 2. The summed E-state index contributed by atoms with van der Waals surface area (Å²) >= 11 is 0. The largest absolute Gasteiger partial charge is 0.385 e. The molecule has 138 valence electrons. The summed E-state index contributed by atoms with van der Waals surface area (Å²) in [5.74, 6) is 0.185. The molecule has 0 atom stereocenters. The maximum atomic E-state index is 12.8. The Morgan fingerprint density at radius 2 is 2.19 bits per heavy atom. The van der Waals surface area contributed by atoms with Crippen molar-refractivity contribution in [2.45, 2.75) is 32.2 Å². The second-order valence-corrected chi connectivity index (χ2v) is 6.47. The first-order valence-corrected chi connectivity index (χ1v) is 8.82. The molecule has 1 fully saturated rings. The number of anilines is 1. The molecule has 26 heavy (non-hydrogen) atoms. The van der Waals surface area contributed by atoms with Crippen LogP contribution in [0.2, 0.25) is 0 Å². The van der Waals surface area contributed by atoms with Gasteiger partial charge in [0.25, 0.3) is 11.5 Å². The van der Waals surface area contributed by atoms with E-state index < -0.39 is 0 Å². The van der Waals surface area contributed by atoms with Crippen LogP contribution in [-0.2, 0) is 4.74 Å². The van der Waals surface area contributed by atoms with Crippen LogP contribution in [0.3, 0.4) is 0 Å². The molecule has 1 aromatic carbocycles. The van der Waals surface area contributed by atoms with Crippen molar-refractivity contribution in [1.29, 1.82) is 0 Å². The number of carbonyl (C=O) groups excluding carboxylic acids is 1. The summed E-state index contributed by atoms with van der Waals surface area (Å²) in [6.45, 7) is 3.13. The molecule has 0 aliphatic heterocycles. The normalized spacial score (nSPS) is 13.5. The molecular weight excluding hydrogens is 332 g/mol. The maximum absolute atomic E-state index is 12.8. The molecule has 1 aliphatic carbocycles. The van der Waals surface area contributed by atoms with E-state index in [1.54, 1.807) is 31.6 Å². The molecule has 2 aromatic rings. The summed E-state index contributed by atoms with van der Waals surface area (Å²) in [7, 11) is 1.64. The fourth-order valence-electron chi connectivity index (χ4n) is 2.65. The Morgan fingerprint density at radius 1 is 1.38 bits per heavy atom. The fraction of sp³-hybridized carbons (Fsp3) is 0.421. The Labute approximate surface area is 152 Å². The van der Waals surface area contributed by atoms with Crippen molar-refractivity contribution in [1.82, 2.24) is 14.9 Å². The minimum absolute atomic E-state index is 0.103. The van der Waals surface area contributed by atoms with Crippen molar-refractivity contribution in [3.05, 3.63) is 52.1 Å². The molecule has 0 spiro atoms. The number of carbonyl (C=O) groups is 1. The van der Waals surface area contributed by atoms with E-state index in [0.717, 1.165) is 24.8 Å². The number of hydrogen-bond donors (Lipinski definition) is 2. The summed E-state index contributed by atoms with van der Waals surface area (Å²) in [5, 5.41) is 6.02. The number of benzene rings is 1. The van der Waals surface area contributed by atoms with Crippen LogP contribution in [0, 0.1) is 6.92 Å². The van der Waals surface area contributed by atoms with Crippen LogP contribution in [0.5, 0.6) is 0 Å². The Morgan fingerprint density at radius 3 is 2.92 bits per heavy atom. The van der Waals surface area contributed by atoms with Gasteiger partial charge in [0.15, 0.2) is 5.82 Å². The van der Waals surface area contributed by atoms with E-state index in [9.17, 15) is 9.59 Å². The van der Waals surface area contributed by atoms with Gasteiger partial charge in [0, 0.05) is 44.3 Å². The van der Waals surface area contributed by atoms with Gasteiger partial charge in [0.2, 0.25) is 0 Å². The highest BCUT2D eigenvalue weighted by Gasteiger charge is 2.24. The van der Waals surface area contributed by atoms with Crippen LogP contribution < -0.4 is 16.2 Å². The van der Waals surface area contributed by atoms with E-state index >= 15 is 0 Å². The lowest BCUT2D eigenvalue weighted by Gasteiger charge is -2.13. The van der Waals surface area contributed by atoms with E-state index in [0.29, 0.717) is 30.4 Å². The molecule has 2 N–H and O–H groups in total. The van der Waals surface area contributed by atoms with Crippen LogP contribution >= 0.6 is 0 Å². The van der Waals surface area contributed by atoms with E-state index in [1.165, 1.54) is 4.57 Å². The molecule has 0 saturated heterocycles. The van der Waals surface area contributed by atoms with Crippen LogP contribution in [0.4, 0.5) is 5.82 Å². The Bertz CT molecular complexity index is 843. The van der Waals surface area contributed by atoms with Gasteiger partial charge < -0.3 is 15.4 Å². The zero-order chi connectivity index (χ0) is 18.5. The highest BCUT2D eigenvalue weighted by atomic mass is 16.5. The zero-order valence-corrected chi connectivity index (χ0v) is 15.1. The first-order valence-electron chi connectivity index (χ1n) is 8.82. The summed E-state index contributed by atoms with van der Waals surface area (Å²) < 4.78 is 6.53. The Kier molecular flexibility index (Phi) is 5.68. The third-order valence-corrected chi connectivity index (χ3v) is 4.30. The number of methoxy groups -OCH3 is 1. The number of hydrogen-bond acceptors (Lipinski definition) is 5. The SMILES string of the molecule is COCCCNc1nccn(-c2cc(C(=O)NC3CC3)ccc2C)c1=O. The first kappa shape index (κ1) is 18.1. The lowest BCUT2D eigenvalue weighted by atomic mass is 10.1. The van der Waals surface area contributed by atoms with Gasteiger partial charge in [-0.05, 0) is 43.9 Å². The first-order chi connectivity index (χ1) is 12.6. The van der Waals surface area contributed by atoms with Crippen molar-refractivity contribution in [3.63, 3.8) is 0 Å². The topological polar surface area (TPSA) is 85.2 Å². The van der Waals surface area contributed by atoms with E-state index in [4.69, 9.17) is 4.74 Å². The number of aryl methyl sites for hydroxylation is 1. The fourth-order valence-corrected chi connectivity index (χ4v) is 2.65. The van der Waals surface area contributed by atoms with Gasteiger partial charge in [0.1, 0.15) is 0 Å². The van der Waals surface area contributed by atoms with Gasteiger partial charge >= 0.3 is 0 Å². The minimum atomic E-state index is -0.243. The van der Waals surface area contributed by atoms with Crippen molar-refractivity contribution in [2.75, 3.05) is 25.6 Å². The molecule has 1 aromatic heterocycles. The second-order valence-electron chi connectivity index (χ2n) is 6.47. The summed E-state index contributed by atoms with van der Waals surface area (Å²) in [5.41, 5.74) is 1.90. The van der Waals surface area contributed by atoms with Crippen LogP contribution in [0.25, 0.3) is 5.69 Å². The highest BCUT2D eigenvalue weighted by Crippen LogP contribution is 2.20.